The number of aromatic amines is 1. The highest BCUT2D eigenvalue weighted by Gasteiger charge is 2.21. The number of hydrogen-bond donors (Lipinski definition) is 2. The molecule has 2 N–H and O–H groups in total. The summed E-state index contributed by atoms with van der Waals surface area (Å²) in [5.74, 6) is 5.67. The number of pyridine rings is 1. The molecular weight excluding hydrogens is 524 g/mol. The van der Waals surface area contributed by atoms with Crippen LogP contribution in [0.5, 0.6) is 5.75 Å². The van der Waals surface area contributed by atoms with E-state index in [1.54, 1.807) is 42.3 Å². The predicted molar refractivity (Wildman–Crippen MR) is 143 cm³/mol. The van der Waals surface area contributed by atoms with Gasteiger partial charge >= 0.3 is 0 Å². The van der Waals surface area contributed by atoms with Gasteiger partial charge in [-0.3, -0.25) is 24.9 Å². The van der Waals surface area contributed by atoms with Crippen molar-refractivity contribution in [3.05, 3.63) is 82.5 Å². The number of benzene rings is 1. The second-order valence-corrected chi connectivity index (χ2v) is 9.45. The Bertz CT molecular complexity index is 1730. The third-order valence-electron chi connectivity index (χ3n) is 5.64. The van der Waals surface area contributed by atoms with Crippen LogP contribution in [0.2, 0.25) is 0 Å². The van der Waals surface area contributed by atoms with E-state index in [-0.39, 0.29) is 11.3 Å². The summed E-state index contributed by atoms with van der Waals surface area (Å²) in [6.07, 6.45) is 1.76. The number of halogens is 2. The summed E-state index contributed by atoms with van der Waals surface area (Å²) < 4.78 is 34.2. The van der Waals surface area contributed by atoms with Crippen molar-refractivity contribution >= 4 is 22.4 Å². The van der Waals surface area contributed by atoms with E-state index in [2.05, 4.69) is 42.4 Å². The SMILES string of the molecule is COc1cnc(C(F)F)cc1-c1cc(-c2ccn(C)n2)ccc1C(=O)Nc1ncc(C#Cc2cc(C)[nH]n2)s1. The molecule has 39 heavy (non-hydrogen) atoms. The van der Waals surface area contributed by atoms with Crippen LogP contribution >= 0.6 is 11.3 Å². The van der Waals surface area contributed by atoms with Crippen molar-refractivity contribution in [2.24, 2.45) is 7.05 Å². The van der Waals surface area contributed by atoms with Crippen molar-refractivity contribution in [1.29, 1.82) is 0 Å². The number of nitrogens with one attached hydrogen (secondary N) is 2. The summed E-state index contributed by atoms with van der Waals surface area (Å²) in [5, 5.41) is 14.4. The minimum atomic E-state index is -2.80. The Morgan fingerprint density at radius 1 is 1.13 bits per heavy atom. The fourth-order valence-electron chi connectivity index (χ4n) is 3.81. The van der Waals surface area contributed by atoms with Gasteiger partial charge in [-0.25, -0.2) is 13.8 Å². The van der Waals surface area contributed by atoms with Gasteiger partial charge in [-0.2, -0.15) is 10.2 Å². The molecule has 0 bridgehead atoms. The Morgan fingerprint density at radius 3 is 2.67 bits per heavy atom. The third kappa shape index (κ3) is 5.68. The van der Waals surface area contributed by atoms with Gasteiger partial charge in [0.15, 0.2) is 5.13 Å². The zero-order valence-electron chi connectivity index (χ0n) is 21.0. The number of thiazole rings is 1. The summed E-state index contributed by atoms with van der Waals surface area (Å²) in [6, 6.07) is 9.94. The molecule has 0 aliphatic heterocycles. The number of nitrogens with zero attached hydrogens (tertiary/aromatic N) is 5. The van der Waals surface area contributed by atoms with Crippen LogP contribution in [-0.2, 0) is 7.05 Å². The first kappa shape index (κ1) is 25.7. The maximum absolute atomic E-state index is 13.5. The van der Waals surface area contributed by atoms with Crippen LogP contribution in [0, 0.1) is 18.8 Å². The van der Waals surface area contributed by atoms with E-state index in [9.17, 15) is 13.6 Å². The van der Waals surface area contributed by atoms with E-state index in [1.807, 2.05) is 19.1 Å². The summed E-state index contributed by atoms with van der Waals surface area (Å²) in [6.45, 7) is 1.88. The molecule has 0 saturated carbocycles. The maximum Gasteiger partial charge on any atom is 0.280 e. The smallest absolute Gasteiger partial charge is 0.280 e. The first-order valence-electron chi connectivity index (χ1n) is 11.6. The number of rotatable bonds is 6. The molecular formula is C27H21F2N7O2S. The predicted octanol–water partition coefficient (Wildman–Crippen LogP) is 5.24. The van der Waals surface area contributed by atoms with Crippen LogP contribution in [0.3, 0.4) is 0 Å². The second-order valence-electron chi connectivity index (χ2n) is 8.42. The molecule has 0 spiro atoms. The molecule has 12 heteroatoms. The third-order valence-corrected chi connectivity index (χ3v) is 6.47. The van der Waals surface area contributed by atoms with Gasteiger partial charge in [0.25, 0.3) is 12.3 Å². The average molecular weight is 546 g/mol. The molecule has 5 rings (SSSR count). The Labute approximate surface area is 225 Å². The number of methoxy groups -OCH3 is 1. The number of anilines is 1. The van der Waals surface area contributed by atoms with Crippen molar-refractivity contribution in [2.45, 2.75) is 13.3 Å². The largest absolute Gasteiger partial charge is 0.494 e. The number of aromatic nitrogens is 6. The molecule has 196 valence electrons. The Balaban J connectivity index is 1.51. The molecule has 1 aromatic carbocycles. The van der Waals surface area contributed by atoms with Gasteiger partial charge in [-0.05, 0) is 54.7 Å². The van der Waals surface area contributed by atoms with E-state index in [1.165, 1.54) is 30.7 Å². The molecule has 9 nitrogen and oxygen atoms in total. The highest BCUT2D eigenvalue weighted by atomic mass is 32.1. The van der Waals surface area contributed by atoms with E-state index in [0.717, 1.165) is 5.69 Å². The number of hydrogen-bond acceptors (Lipinski definition) is 7. The Morgan fingerprint density at radius 2 is 1.97 bits per heavy atom. The number of alkyl halides is 2. The zero-order valence-corrected chi connectivity index (χ0v) is 21.8. The average Bonchev–Trinajstić information content (AvgIpc) is 3.68. The standard InChI is InChI=1S/C27H21F2N7O2S/c1-15-10-17(34-33-15)5-6-18-13-31-27(39-18)32-26(37)19-7-4-16(22-8-9-36(2)35-22)11-20(19)21-12-23(25(28)29)30-14-24(21)38-3/h4,7-14,25H,1-3H3,(H,33,34)(H,31,32,37). The van der Waals surface area contributed by atoms with Crippen LogP contribution in [0.25, 0.3) is 22.4 Å². The highest BCUT2D eigenvalue weighted by molar-refractivity contribution is 7.16. The molecule has 5 aromatic rings. The molecule has 0 atom stereocenters. The molecule has 4 aromatic heterocycles. The molecule has 0 unspecified atom stereocenters. The normalized spacial score (nSPS) is 10.8. The number of carbonyl (C=O) groups excluding carboxylic acids is 1. The summed E-state index contributed by atoms with van der Waals surface area (Å²) in [5.41, 5.74) is 3.31. The van der Waals surface area contributed by atoms with Crippen molar-refractivity contribution in [2.75, 3.05) is 12.4 Å². The minimum absolute atomic E-state index is 0.231. The maximum atomic E-state index is 13.5. The molecule has 0 fully saturated rings. The van der Waals surface area contributed by atoms with Crippen LogP contribution in [0.4, 0.5) is 13.9 Å². The fraction of sp³-hybridized carbons (Fsp3) is 0.148. The van der Waals surface area contributed by atoms with E-state index >= 15 is 0 Å². The molecule has 0 radical (unpaired) electrons. The van der Waals surface area contributed by atoms with Gasteiger partial charge in [-0.15, -0.1) is 0 Å². The molecule has 4 heterocycles. The number of aryl methyl sites for hydroxylation is 2. The van der Waals surface area contributed by atoms with Gasteiger partial charge < -0.3 is 4.74 Å². The lowest BCUT2D eigenvalue weighted by molar-refractivity contribution is 0.102. The molecule has 0 saturated heterocycles. The van der Waals surface area contributed by atoms with Crippen molar-refractivity contribution in [3.63, 3.8) is 0 Å². The first-order chi connectivity index (χ1) is 18.8. The van der Waals surface area contributed by atoms with Crippen molar-refractivity contribution < 1.29 is 18.3 Å². The van der Waals surface area contributed by atoms with Crippen LogP contribution in [0.15, 0.2) is 55.0 Å². The lowest BCUT2D eigenvalue weighted by Gasteiger charge is -2.15. The van der Waals surface area contributed by atoms with Crippen molar-refractivity contribution in [3.8, 4) is 40.0 Å². The van der Waals surface area contributed by atoms with E-state index < -0.39 is 18.0 Å². The Kier molecular flexibility index (Phi) is 7.16. The molecule has 0 aliphatic carbocycles. The highest BCUT2D eigenvalue weighted by Crippen LogP contribution is 2.37. The van der Waals surface area contributed by atoms with E-state index in [4.69, 9.17) is 4.74 Å². The lowest BCUT2D eigenvalue weighted by Crippen LogP contribution is -2.13. The lowest BCUT2D eigenvalue weighted by atomic mass is 9.95. The van der Waals surface area contributed by atoms with Gasteiger partial charge in [0.1, 0.15) is 17.1 Å². The molecule has 1 amide bonds. The summed E-state index contributed by atoms with van der Waals surface area (Å²) >= 11 is 1.20. The minimum Gasteiger partial charge on any atom is -0.494 e. The van der Waals surface area contributed by atoms with Gasteiger partial charge in [0.2, 0.25) is 0 Å². The fourth-order valence-corrected chi connectivity index (χ4v) is 4.47. The molecule has 0 aliphatic rings. The number of H-pyrrole nitrogens is 1. The van der Waals surface area contributed by atoms with Crippen LogP contribution < -0.4 is 10.1 Å². The summed E-state index contributed by atoms with van der Waals surface area (Å²) in [7, 11) is 3.20. The van der Waals surface area contributed by atoms with E-state index in [0.29, 0.717) is 38.1 Å². The monoisotopic (exact) mass is 545 g/mol. The van der Waals surface area contributed by atoms with Gasteiger partial charge in [0, 0.05) is 35.6 Å². The van der Waals surface area contributed by atoms with Gasteiger partial charge in [-0.1, -0.05) is 17.4 Å². The Hall–Kier alpha value is -4.89. The number of ether oxygens (including phenoxy) is 1. The number of carbonyl (C=O) groups is 1. The summed E-state index contributed by atoms with van der Waals surface area (Å²) in [4.78, 5) is 22.1. The van der Waals surface area contributed by atoms with Gasteiger partial charge in [0.05, 0.1) is 30.1 Å². The first-order valence-corrected chi connectivity index (χ1v) is 12.4. The van der Waals surface area contributed by atoms with Crippen LogP contribution in [0.1, 0.15) is 38.7 Å². The quantitative estimate of drug-likeness (QED) is 0.283. The number of amides is 1. The van der Waals surface area contributed by atoms with Crippen molar-refractivity contribution in [1.82, 2.24) is 29.9 Å². The zero-order chi connectivity index (χ0) is 27.5. The van der Waals surface area contributed by atoms with Crippen LogP contribution in [-0.4, -0.2) is 43.0 Å². The topological polar surface area (TPSA) is 111 Å². The second kappa shape index (κ2) is 10.8.